The number of hydrogen-bond acceptors (Lipinski definition) is 4. The summed E-state index contributed by atoms with van der Waals surface area (Å²) in [5.41, 5.74) is 0.541. The summed E-state index contributed by atoms with van der Waals surface area (Å²) < 4.78 is 32.1. The van der Waals surface area contributed by atoms with Crippen molar-refractivity contribution in [3.63, 3.8) is 0 Å². The van der Waals surface area contributed by atoms with Crippen molar-refractivity contribution in [3.8, 4) is 11.9 Å². The van der Waals surface area contributed by atoms with Crippen molar-refractivity contribution < 1.29 is 18.3 Å². The Balaban J connectivity index is 1.69. The molecule has 0 aliphatic carbocycles. The molecule has 7 heteroatoms. The van der Waals surface area contributed by atoms with Crippen LogP contribution in [0.2, 0.25) is 0 Å². The first-order valence-corrected chi connectivity index (χ1v) is 7.84. The van der Waals surface area contributed by atoms with E-state index < -0.39 is 11.6 Å². The summed E-state index contributed by atoms with van der Waals surface area (Å²) in [6, 6.07) is 8.24. The number of likely N-dealkylation sites (tertiary alicyclic amines) is 1. The second kappa shape index (κ2) is 7.26. The number of halogens is 2. The number of aromatic nitrogens is 1. The number of piperidine rings is 1. The number of nitrogens with zero attached hydrogens (tertiary/aromatic N) is 3. The summed E-state index contributed by atoms with van der Waals surface area (Å²) in [7, 11) is 0. The SMILES string of the molecule is N#Cc1ccnc(OC2CCCN(C(=O)c3ccc(F)c(F)c3)C2)c1. The molecule has 2 heterocycles. The van der Waals surface area contributed by atoms with Crippen molar-refractivity contribution in [2.75, 3.05) is 13.1 Å². The maximum atomic E-state index is 13.3. The van der Waals surface area contributed by atoms with Gasteiger partial charge in [-0.15, -0.1) is 0 Å². The normalized spacial score (nSPS) is 17.0. The van der Waals surface area contributed by atoms with Gasteiger partial charge in [0.2, 0.25) is 5.88 Å². The van der Waals surface area contributed by atoms with Crippen LogP contribution in [-0.4, -0.2) is 35.0 Å². The molecule has 0 radical (unpaired) electrons. The Bertz CT molecular complexity index is 835. The zero-order valence-electron chi connectivity index (χ0n) is 13.3. The number of carbonyl (C=O) groups is 1. The van der Waals surface area contributed by atoms with Gasteiger partial charge in [-0.05, 0) is 37.1 Å². The number of ether oxygens (including phenoxy) is 1. The van der Waals surface area contributed by atoms with E-state index in [-0.39, 0.29) is 17.6 Å². The van der Waals surface area contributed by atoms with Gasteiger partial charge in [0.1, 0.15) is 6.10 Å². The summed E-state index contributed by atoms with van der Waals surface area (Å²) >= 11 is 0. The summed E-state index contributed by atoms with van der Waals surface area (Å²) in [6.07, 6.45) is 2.67. The molecule has 3 rings (SSSR count). The monoisotopic (exact) mass is 343 g/mol. The van der Waals surface area contributed by atoms with Gasteiger partial charge < -0.3 is 9.64 Å². The number of rotatable bonds is 3. The Morgan fingerprint density at radius 2 is 2.12 bits per heavy atom. The van der Waals surface area contributed by atoms with Gasteiger partial charge in [0.05, 0.1) is 18.2 Å². The van der Waals surface area contributed by atoms with Crippen molar-refractivity contribution in [2.24, 2.45) is 0 Å². The number of carbonyl (C=O) groups excluding carboxylic acids is 1. The molecule has 2 aromatic rings. The number of hydrogen-bond donors (Lipinski definition) is 0. The van der Waals surface area contributed by atoms with Crippen molar-refractivity contribution in [3.05, 3.63) is 59.3 Å². The first-order chi connectivity index (χ1) is 12.1. The molecule has 0 spiro atoms. The molecule has 128 valence electrons. The number of nitriles is 1. The first-order valence-electron chi connectivity index (χ1n) is 7.84. The van der Waals surface area contributed by atoms with E-state index in [9.17, 15) is 13.6 Å². The lowest BCUT2D eigenvalue weighted by molar-refractivity contribution is 0.0527. The highest BCUT2D eigenvalue weighted by Crippen LogP contribution is 2.20. The maximum absolute atomic E-state index is 13.3. The molecule has 1 aromatic heterocycles. The van der Waals surface area contributed by atoms with Crippen LogP contribution in [0.1, 0.15) is 28.8 Å². The quantitative estimate of drug-likeness (QED) is 0.859. The average Bonchev–Trinajstić information content (AvgIpc) is 2.64. The van der Waals surface area contributed by atoms with Crippen LogP contribution < -0.4 is 4.74 Å². The Morgan fingerprint density at radius 1 is 1.28 bits per heavy atom. The third-order valence-corrected chi connectivity index (χ3v) is 3.98. The fourth-order valence-corrected chi connectivity index (χ4v) is 2.74. The Hall–Kier alpha value is -3.01. The molecule has 0 bridgehead atoms. The average molecular weight is 343 g/mol. The van der Waals surface area contributed by atoms with Gasteiger partial charge in [0.25, 0.3) is 5.91 Å². The standard InChI is InChI=1S/C18H15F2N3O2/c19-15-4-3-13(9-16(15)20)18(24)23-7-1-2-14(11-23)25-17-8-12(10-21)5-6-22-17/h3-6,8-9,14H,1-2,7,11H2. The van der Waals surface area contributed by atoms with E-state index in [2.05, 4.69) is 4.98 Å². The second-order valence-electron chi connectivity index (χ2n) is 5.76. The number of amides is 1. The smallest absolute Gasteiger partial charge is 0.254 e. The summed E-state index contributed by atoms with van der Waals surface area (Å²) in [5, 5.41) is 8.91. The van der Waals surface area contributed by atoms with E-state index in [0.717, 1.165) is 25.0 Å². The van der Waals surface area contributed by atoms with Crippen LogP contribution in [0.25, 0.3) is 0 Å². The Morgan fingerprint density at radius 3 is 2.88 bits per heavy atom. The molecule has 1 aromatic carbocycles. The van der Waals surface area contributed by atoms with Crippen molar-refractivity contribution in [1.29, 1.82) is 5.26 Å². The van der Waals surface area contributed by atoms with Gasteiger partial charge >= 0.3 is 0 Å². The predicted molar refractivity (Wildman–Crippen MR) is 84.9 cm³/mol. The highest BCUT2D eigenvalue weighted by atomic mass is 19.2. The lowest BCUT2D eigenvalue weighted by atomic mass is 10.1. The van der Waals surface area contributed by atoms with Crippen LogP contribution in [-0.2, 0) is 0 Å². The Labute approximate surface area is 143 Å². The molecule has 1 aliphatic heterocycles. The fourth-order valence-electron chi connectivity index (χ4n) is 2.74. The molecule has 0 saturated carbocycles. The minimum Gasteiger partial charge on any atom is -0.472 e. The van der Waals surface area contributed by atoms with Gasteiger partial charge in [-0.25, -0.2) is 13.8 Å². The van der Waals surface area contributed by atoms with E-state index in [1.165, 1.54) is 18.3 Å². The topological polar surface area (TPSA) is 66.2 Å². The summed E-state index contributed by atoms with van der Waals surface area (Å²) in [6.45, 7) is 0.833. The van der Waals surface area contributed by atoms with Crippen LogP contribution >= 0.6 is 0 Å². The lowest BCUT2D eigenvalue weighted by Crippen LogP contribution is -2.44. The van der Waals surface area contributed by atoms with Gasteiger partial charge in [-0.2, -0.15) is 5.26 Å². The van der Waals surface area contributed by atoms with Crippen LogP contribution in [0.15, 0.2) is 36.5 Å². The molecular formula is C18H15F2N3O2. The van der Waals surface area contributed by atoms with Gasteiger partial charge in [-0.3, -0.25) is 4.79 Å². The van der Waals surface area contributed by atoms with E-state index in [0.29, 0.717) is 24.5 Å². The first kappa shape index (κ1) is 16.8. The van der Waals surface area contributed by atoms with Crippen LogP contribution in [0, 0.1) is 23.0 Å². The molecule has 25 heavy (non-hydrogen) atoms. The zero-order chi connectivity index (χ0) is 17.8. The minimum atomic E-state index is -1.05. The van der Waals surface area contributed by atoms with Crippen molar-refractivity contribution in [2.45, 2.75) is 18.9 Å². The summed E-state index contributed by atoms with van der Waals surface area (Å²) in [5.74, 6) is -2.08. The van der Waals surface area contributed by atoms with Gasteiger partial charge in [-0.1, -0.05) is 0 Å². The largest absolute Gasteiger partial charge is 0.472 e. The molecule has 1 unspecified atom stereocenters. The molecular weight excluding hydrogens is 328 g/mol. The maximum Gasteiger partial charge on any atom is 0.254 e. The van der Waals surface area contributed by atoms with Crippen molar-refractivity contribution >= 4 is 5.91 Å². The van der Waals surface area contributed by atoms with E-state index in [4.69, 9.17) is 10.00 Å². The van der Waals surface area contributed by atoms with Crippen LogP contribution in [0.3, 0.4) is 0 Å². The molecule has 1 fully saturated rings. The highest BCUT2D eigenvalue weighted by molar-refractivity contribution is 5.94. The molecule has 5 nitrogen and oxygen atoms in total. The molecule has 1 saturated heterocycles. The summed E-state index contributed by atoms with van der Waals surface area (Å²) in [4.78, 5) is 18.1. The number of benzene rings is 1. The van der Waals surface area contributed by atoms with E-state index in [1.54, 1.807) is 11.0 Å². The van der Waals surface area contributed by atoms with E-state index >= 15 is 0 Å². The highest BCUT2D eigenvalue weighted by Gasteiger charge is 2.26. The van der Waals surface area contributed by atoms with Gasteiger partial charge in [0, 0.05) is 24.4 Å². The molecule has 1 amide bonds. The van der Waals surface area contributed by atoms with E-state index in [1.807, 2.05) is 6.07 Å². The zero-order valence-corrected chi connectivity index (χ0v) is 13.3. The predicted octanol–water partition coefficient (Wildman–Crippen LogP) is 2.92. The fraction of sp³-hybridized carbons (Fsp3) is 0.278. The molecule has 0 N–H and O–H groups in total. The minimum absolute atomic E-state index is 0.101. The molecule has 1 atom stereocenters. The van der Waals surface area contributed by atoms with Crippen LogP contribution in [0.5, 0.6) is 5.88 Å². The second-order valence-corrected chi connectivity index (χ2v) is 5.76. The Kier molecular flexibility index (Phi) is 4.89. The molecule has 1 aliphatic rings. The number of pyridine rings is 1. The third kappa shape index (κ3) is 3.91. The van der Waals surface area contributed by atoms with Crippen molar-refractivity contribution in [1.82, 2.24) is 9.88 Å². The van der Waals surface area contributed by atoms with Gasteiger partial charge in [0.15, 0.2) is 11.6 Å². The van der Waals surface area contributed by atoms with Crippen LogP contribution in [0.4, 0.5) is 8.78 Å². The lowest BCUT2D eigenvalue weighted by Gasteiger charge is -2.32. The third-order valence-electron chi connectivity index (χ3n) is 3.98.